The van der Waals surface area contributed by atoms with Gasteiger partial charge in [0.2, 0.25) is 5.91 Å². The molecule has 8 heteroatoms. The smallest absolute Gasteiger partial charge is 0.295 e. The van der Waals surface area contributed by atoms with Crippen LogP contribution < -0.4 is 14.8 Å². The first-order valence-electron chi connectivity index (χ1n) is 8.55. The molecule has 0 unspecified atom stereocenters. The van der Waals surface area contributed by atoms with Crippen LogP contribution in [-0.4, -0.2) is 30.0 Å². The summed E-state index contributed by atoms with van der Waals surface area (Å²) < 4.78 is 10.5. The summed E-state index contributed by atoms with van der Waals surface area (Å²) in [4.78, 5) is 27.2. The molecule has 1 heterocycles. The van der Waals surface area contributed by atoms with E-state index < -0.39 is 4.92 Å². The SMILES string of the molecule is COc1cc(CCC(=O)Nc2ccc([N+](=O)[O-])c3ncccc23)cc(OC)c1. The molecule has 8 nitrogen and oxygen atoms in total. The molecule has 28 heavy (non-hydrogen) atoms. The number of nitrogens with one attached hydrogen (secondary N) is 1. The van der Waals surface area contributed by atoms with Crippen molar-refractivity contribution in [2.24, 2.45) is 0 Å². The molecule has 0 aliphatic carbocycles. The van der Waals surface area contributed by atoms with Crippen molar-refractivity contribution < 1.29 is 19.2 Å². The number of hydrogen-bond acceptors (Lipinski definition) is 6. The van der Waals surface area contributed by atoms with Gasteiger partial charge in [0.1, 0.15) is 17.0 Å². The molecule has 144 valence electrons. The van der Waals surface area contributed by atoms with Crippen molar-refractivity contribution in [3.05, 3.63) is 64.3 Å². The molecule has 0 bridgehead atoms. The van der Waals surface area contributed by atoms with E-state index in [-0.39, 0.29) is 23.5 Å². The van der Waals surface area contributed by atoms with Gasteiger partial charge in [0.25, 0.3) is 5.69 Å². The summed E-state index contributed by atoms with van der Waals surface area (Å²) >= 11 is 0. The second-order valence-electron chi connectivity index (χ2n) is 6.06. The van der Waals surface area contributed by atoms with E-state index in [4.69, 9.17) is 9.47 Å². The minimum atomic E-state index is -0.489. The highest BCUT2D eigenvalue weighted by molar-refractivity contribution is 6.03. The van der Waals surface area contributed by atoms with E-state index in [1.54, 1.807) is 32.4 Å². The van der Waals surface area contributed by atoms with E-state index in [2.05, 4.69) is 10.3 Å². The molecule has 0 aliphatic rings. The lowest BCUT2D eigenvalue weighted by Crippen LogP contribution is -2.13. The third-order valence-corrected chi connectivity index (χ3v) is 4.27. The van der Waals surface area contributed by atoms with Crippen molar-refractivity contribution in [1.82, 2.24) is 4.98 Å². The monoisotopic (exact) mass is 381 g/mol. The number of carbonyl (C=O) groups excluding carboxylic acids is 1. The van der Waals surface area contributed by atoms with Gasteiger partial charge in [0.05, 0.1) is 24.8 Å². The van der Waals surface area contributed by atoms with Crippen LogP contribution in [0.5, 0.6) is 11.5 Å². The highest BCUT2D eigenvalue weighted by atomic mass is 16.6. The van der Waals surface area contributed by atoms with Crippen LogP contribution >= 0.6 is 0 Å². The predicted octanol–water partition coefficient (Wildman–Crippen LogP) is 3.73. The number of rotatable bonds is 7. The quantitative estimate of drug-likeness (QED) is 0.494. The number of hydrogen-bond donors (Lipinski definition) is 1. The number of methoxy groups -OCH3 is 2. The molecule has 0 fully saturated rings. The Kier molecular flexibility index (Phi) is 5.69. The van der Waals surface area contributed by atoms with Crippen molar-refractivity contribution in [3.8, 4) is 11.5 Å². The first-order valence-corrected chi connectivity index (χ1v) is 8.55. The van der Waals surface area contributed by atoms with Crippen molar-refractivity contribution in [3.63, 3.8) is 0 Å². The van der Waals surface area contributed by atoms with Gasteiger partial charge in [-0.2, -0.15) is 0 Å². The van der Waals surface area contributed by atoms with E-state index in [0.29, 0.717) is 29.0 Å². The van der Waals surface area contributed by atoms with Crippen LogP contribution in [0.2, 0.25) is 0 Å². The molecule has 0 spiro atoms. The lowest BCUT2D eigenvalue weighted by atomic mass is 10.1. The molecular weight excluding hydrogens is 362 g/mol. The molecular formula is C20H19N3O5. The van der Waals surface area contributed by atoms with Crippen LogP contribution in [-0.2, 0) is 11.2 Å². The summed E-state index contributed by atoms with van der Waals surface area (Å²) in [5, 5.41) is 14.5. The van der Waals surface area contributed by atoms with Gasteiger partial charge in [0.15, 0.2) is 0 Å². The van der Waals surface area contributed by atoms with Crippen LogP contribution in [0.25, 0.3) is 10.9 Å². The van der Waals surface area contributed by atoms with Crippen LogP contribution in [0.4, 0.5) is 11.4 Å². The van der Waals surface area contributed by atoms with Gasteiger partial charge < -0.3 is 14.8 Å². The summed E-state index contributed by atoms with van der Waals surface area (Å²) in [5.41, 5.74) is 1.53. The Balaban J connectivity index is 1.76. The standard InChI is InChI=1S/C20H19N3O5/c1-27-14-10-13(11-15(12-14)28-2)5-8-19(24)22-17-6-7-18(23(25)26)20-16(17)4-3-9-21-20/h3-4,6-7,9-12H,5,8H2,1-2H3,(H,22,24). The van der Waals surface area contributed by atoms with Gasteiger partial charge in [0, 0.05) is 30.1 Å². The Bertz CT molecular complexity index is 1010. The normalized spacial score (nSPS) is 10.5. The van der Waals surface area contributed by atoms with Gasteiger partial charge in [-0.05, 0) is 42.3 Å². The van der Waals surface area contributed by atoms with Crippen LogP contribution in [0.15, 0.2) is 48.7 Å². The Labute approximate surface area is 161 Å². The van der Waals surface area contributed by atoms with Gasteiger partial charge >= 0.3 is 0 Å². The maximum absolute atomic E-state index is 12.4. The fourth-order valence-corrected chi connectivity index (χ4v) is 2.90. The number of non-ortho nitro benzene ring substituents is 1. The zero-order valence-corrected chi connectivity index (χ0v) is 15.5. The maximum atomic E-state index is 12.4. The van der Waals surface area contributed by atoms with E-state index in [0.717, 1.165) is 5.56 Å². The molecule has 1 N–H and O–H groups in total. The summed E-state index contributed by atoms with van der Waals surface area (Å²) in [5.74, 6) is 1.10. The Morgan fingerprint density at radius 2 is 1.86 bits per heavy atom. The number of ether oxygens (including phenoxy) is 2. The number of carbonyl (C=O) groups is 1. The van der Waals surface area contributed by atoms with Crippen molar-refractivity contribution >= 4 is 28.2 Å². The fraction of sp³-hybridized carbons (Fsp3) is 0.200. The minimum Gasteiger partial charge on any atom is -0.497 e. The molecule has 0 radical (unpaired) electrons. The summed E-state index contributed by atoms with van der Waals surface area (Å²) in [6.07, 6.45) is 2.20. The van der Waals surface area contributed by atoms with Gasteiger partial charge in [-0.15, -0.1) is 0 Å². The first kappa shape index (κ1) is 19.1. The van der Waals surface area contributed by atoms with Gasteiger partial charge in [-0.25, -0.2) is 4.98 Å². The largest absolute Gasteiger partial charge is 0.497 e. The maximum Gasteiger partial charge on any atom is 0.295 e. The number of aryl methyl sites for hydroxylation is 1. The van der Waals surface area contributed by atoms with Gasteiger partial charge in [-0.3, -0.25) is 14.9 Å². The molecule has 3 rings (SSSR count). The van der Waals surface area contributed by atoms with Crippen molar-refractivity contribution in [1.29, 1.82) is 0 Å². The van der Waals surface area contributed by atoms with E-state index in [1.165, 1.54) is 18.3 Å². The Morgan fingerprint density at radius 1 is 1.14 bits per heavy atom. The molecule has 0 aliphatic heterocycles. The number of nitrogens with zero attached hydrogens (tertiary/aromatic N) is 2. The molecule has 1 aromatic heterocycles. The highest BCUT2D eigenvalue weighted by Crippen LogP contribution is 2.30. The van der Waals surface area contributed by atoms with Crippen LogP contribution in [0.3, 0.4) is 0 Å². The molecule has 0 atom stereocenters. The number of pyridine rings is 1. The topological polar surface area (TPSA) is 104 Å². The third-order valence-electron chi connectivity index (χ3n) is 4.27. The molecule has 3 aromatic rings. The van der Waals surface area contributed by atoms with Crippen LogP contribution in [0, 0.1) is 10.1 Å². The van der Waals surface area contributed by atoms with Gasteiger partial charge in [-0.1, -0.05) is 0 Å². The third kappa shape index (κ3) is 4.17. The molecule has 0 saturated carbocycles. The van der Waals surface area contributed by atoms with Crippen molar-refractivity contribution in [2.75, 3.05) is 19.5 Å². The second-order valence-corrected chi connectivity index (χ2v) is 6.06. The number of fused-ring (bicyclic) bond motifs is 1. The second kappa shape index (κ2) is 8.34. The highest BCUT2D eigenvalue weighted by Gasteiger charge is 2.16. The lowest BCUT2D eigenvalue weighted by molar-refractivity contribution is -0.383. The Hall–Kier alpha value is -3.68. The minimum absolute atomic E-state index is 0.0999. The lowest BCUT2D eigenvalue weighted by Gasteiger charge is -2.10. The summed E-state index contributed by atoms with van der Waals surface area (Å²) in [6, 6.07) is 11.7. The van der Waals surface area contributed by atoms with E-state index in [1.807, 2.05) is 12.1 Å². The molecule has 1 amide bonds. The Morgan fingerprint density at radius 3 is 2.50 bits per heavy atom. The zero-order valence-electron chi connectivity index (χ0n) is 15.5. The number of nitro groups is 1. The fourth-order valence-electron chi connectivity index (χ4n) is 2.90. The van der Waals surface area contributed by atoms with Crippen molar-refractivity contribution in [2.45, 2.75) is 12.8 Å². The number of anilines is 1. The average molecular weight is 381 g/mol. The van der Waals surface area contributed by atoms with E-state index >= 15 is 0 Å². The first-order chi connectivity index (χ1) is 13.5. The van der Waals surface area contributed by atoms with E-state index in [9.17, 15) is 14.9 Å². The number of aromatic nitrogens is 1. The number of benzene rings is 2. The number of amides is 1. The molecule has 2 aromatic carbocycles. The summed E-state index contributed by atoms with van der Waals surface area (Å²) in [6.45, 7) is 0. The predicted molar refractivity (Wildman–Crippen MR) is 105 cm³/mol. The zero-order chi connectivity index (χ0) is 20.1. The number of nitro benzene ring substituents is 1. The summed E-state index contributed by atoms with van der Waals surface area (Å²) in [7, 11) is 3.14. The average Bonchev–Trinajstić information content (AvgIpc) is 2.72. The van der Waals surface area contributed by atoms with Crippen LogP contribution in [0.1, 0.15) is 12.0 Å². The molecule has 0 saturated heterocycles.